The number of ether oxygens (including phenoxy) is 2. The number of rotatable bonds is 9. The van der Waals surface area contributed by atoms with Crippen LogP contribution in [0.2, 0.25) is 0 Å². The highest BCUT2D eigenvalue weighted by atomic mass is 127. The van der Waals surface area contributed by atoms with Crippen molar-refractivity contribution < 1.29 is 9.47 Å². The number of nitrogens with zero attached hydrogens (tertiary/aromatic N) is 1. The van der Waals surface area contributed by atoms with Crippen molar-refractivity contribution >= 4 is 29.9 Å². The first-order chi connectivity index (χ1) is 12.7. The third kappa shape index (κ3) is 9.76. The van der Waals surface area contributed by atoms with Gasteiger partial charge in [-0.25, -0.2) is 0 Å². The number of benzene rings is 1. The first-order valence-corrected chi connectivity index (χ1v) is 9.91. The van der Waals surface area contributed by atoms with Crippen molar-refractivity contribution in [2.75, 3.05) is 26.9 Å². The summed E-state index contributed by atoms with van der Waals surface area (Å²) in [5.74, 6) is 1.75. The molecule has 1 saturated carbocycles. The predicted molar refractivity (Wildman–Crippen MR) is 123 cm³/mol. The van der Waals surface area contributed by atoms with Crippen molar-refractivity contribution in [1.82, 2.24) is 10.6 Å². The van der Waals surface area contributed by atoms with E-state index in [1.807, 2.05) is 14.0 Å². The second-order valence-electron chi connectivity index (χ2n) is 7.10. The number of guanidine groups is 1. The van der Waals surface area contributed by atoms with Crippen molar-refractivity contribution in [3.05, 3.63) is 35.4 Å². The lowest BCUT2D eigenvalue weighted by Crippen LogP contribution is -2.44. The van der Waals surface area contributed by atoms with Crippen LogP contribution in [0.4, 0.5) is 0 Å². The van der Waals surface area contributed by atoms with Crippen LogP contribution in [-0.2, 0) is 22.6 Å². The molecule has 2 N–H and O–H groups in total. The van der Waals surface area contributed by atoms with Crippen molar-refractivity contribution in [1.29, 1.82) is 0 Å². The van der Waals surface area contributed by atoms with E-state index in [-0.39, 0.29) is 24.0 Å². The van der Waals surface area contributed by atoms with Crippen molar-refractivity contribution in [3.8, 4) is 0 Å². The molecule has 0 heterocycles. The zero-order valence-electron chi connectivity index (χ0n) is 17.0. The summed E-state index contributed by atoms with van der Waals surface area (Å²) in [5, 5.41) is 7.00. The molecule has 0 spiro atoms. The molecule has 6 heteroatoms. The molecule has 0 aromatic heterocycles. The van der Waals surface area contributed by atoms with Gasteiger partial charge < -0.3 is 20.1 Å². The minimum Gasteiger partial charge on any atom is -0.379 e. The maximum atomic E-state index is 5.65. The fraction of sp³-hybridized carbons (Fsp3) is 0.667. The second kappa shape index (κ2) is 14.2. The average Bonchev–Trinajstić information content (AvgIpc) is 2.67. The molecule has 1 aromatic rings. The number of hydrogen-bond acceptors (Lipinski definition) is 3. The van der Waals surface area contributed by atoms with E-state index in [0.29, 0.717) is 25.9 Å². The molecule has 27 heavy (non-hydrogen) atoms. The first-order valence-electron chi connectivity index (χ1n) is 9.91. The van der Waals surface area contributed by atoms with Gasteiger partial charge in [-0.1, -0.05) is 31.2 Å². The normalized spacial score (nSPS) is 20.0. The van der Waals surface area contributed by atoms with E-state index >= 15 is 0 Å². The molecule has 1 aliphatic carbocycles. The van der Waals surface area contributed by atoms with Gasteiger partial charge >= 0.3 is 0 Å². The summed E-state index contributed by atoms with van der Waals surface area (Å²) in [4.78, 5) is 4.37. The molecule has 154 valence electrons. The lowest BCUT2D eigenvalue weighted by Gasteiger charge is -2.28. The molecule has 0 radical (unpaired) electrons. The summed E-state index contributed by atoms with van der Waals surface area (Å²) in [7, 11) is 1.84. The van der Waals surface area contributed by atoms with Gasteiger partial charge in [-0.3, -0.25) is 4.99 Å². The molecule has 1 aromatic carbocycles. The fourth-order valence-electron chi connectivity index (χ4n) is 3.26. The molecule has 5 nitrogen and oxygen atoms in total. The van der Waals surface area contributed by atoms with Crippen LogP contribution in [0, 0.1) is 5.92 Å². The van der Waals surface area contributed by atoms with E-state index in [1.165, 1.54) is 36.8 Å². The minimum absolute atomic E-state index is 0. The van der Waals surface area contributed by atoms with Crippen LogP contribution in [0.5, 0.6) is 0 Å². The SMILES string of the molecule is CCOCCOCc1cccc(CNC(=NC)NC2CCC(C)CC2)c1.I. The Morgan fingerprint density at radius 1 is 1.11 bits per heavy atom. The summed E-state index contributed by atoms with van der Waals surface area (Å²) in [5.41, 5.74) is 2.42. The van der Waals surface area contributed by atoms with E-state index < -0.39 is 0 Å². The highest BCUT2D eigenvalue weighted by Crippen LogP contribution is 2.23. The molecule has 0 saturated heterocycles. The van der Waals surface area contributed by atoms with E-state index in [4.69, 9.17) is 9.47 Å². The molecule has 0 bridgehead atoms. The first kappa shape index (κ1) is 24.2. The Labute approximate surface area is 181 Å². The van der Waals surface area contributed by atoms with Crippen LogP contribution in [0.1, 0.15) is 50.7 Å². The topological polar surface area (TPSA) is 54.9 Å². The Kier molecular flexibility index (Phi) is 12.7. The molecule has 0 atom stereocenters. The molecule has 0 aliphatic heterocycles. The summed E-state index contributed by atoms with van der Waals surface area (Å²) in [6, 6.07) is 9.04. The number of aliphatic imine (C=N–C) groups is 1. The Bertz CT molecular complexity index is 546. The third-order valence-corrected chi connectivity index (χ3v) is 4.88. The molecule has 0 unspecified atom stereocenters. The van der Waals surface area contributed by atoms with Gasteiger partial charge in [0.15, 0.2) is 5.96 Å². The zero-order chi connectivity index (χ0) is 18.6. The van der Waals surface area contributed by atoms with Crippen LogP contribution >= 0.6 is 24.0 Å². The monoisotopic (exact) mass is 489 g/mol. The van der Waals surface area contributed by atoms with E-state index in [9.17, 15) is 0 Å². The molecular formula is C21H36IN3O2. The quantitative estimate of drug-likeness (QED) is 0.237. The smallest absolute Gasteiger partial charge is 0.191 e. The summed E-state index contributed by atoms with van der Waals surface area (Å²) < 4.78 is 10.9. The zero-order valence-corrected chi connectivity index (χ0v) is 19.3. The summed E-state index contributed by atoms with van der Waals surface area (Å²) in [6.45, 7) is 7.74. The molecule has 1 aliphatic rings. The van der Waals surface area contributed by atoms with Crippen LogP contribution in [-0.4, -0.2) is 38.9 Å². The lowest BCUT2D eigenvalue weighted by atomic mass is 9.87. The maximum absolute atomic E-state index is 5.65. The lowest BCUT2D eigenvalue weighted by molar-refractivity contribution is 0.0453. The average molecular weight is 489 g/mol. The third-order valence-electron chi connectivity index (χ3n) is 4.88. The number of halogens is 1. The van der Waals surface area contributed by atoms with Gasteiger partial charge in [0.2, 0.25) is 0 Å². The van der Waals surface area contributed by atoms with Gasteiger partial charge in [0.05, 0.1) is 19.8 Å². The Morgan fingerprint density at radius 3 is 2.52 bits per heavy atom. The highest BCUT2D eigenvalue weighted by molar-refractivity contribution is 14.0. The Hall–Kier alpha value is -0.860. The highest BCUT2D eigenvalue weighted by Gasteiger charge is 2.18. The van der Waals surface area contributed by atoms with Gasteiger partial charge in [0.25, 0.3) is 0 Å². The number of nitrogens with one attached hydrogen (secondary N) is 2. The van der Waals surface area contributed by atoms with Gasteiger partial charge in [0.1, 0.15) is 0 Å². The van der Waals surface area contributed by atoms with Crippen LogP contribution < -0.4 is 10.6 Å². The van der Waals surface area contributed by atoms with Gasteiger partial charge in [0, 0.05) is 26.2 Å². The summed E-state index contributed by atoms with van der Waals surface area (Å²) >= 11 is 0. The van der Waals surface area contributed by atoms with E-state index in [0.717, 1.165) is 25.0 Å². The van der Waals surface area contributed by atoms with Gasteiger partial charge in [-0.05, 0) is 49.7 Å². The van der Waals surface area contributed by atoms with Crippen molar-refractivity contribution in [2.45, 2.75) is 58.7 Å². The van der Waals surface area contributed by atoms with Crippen LogP contribution in [0.15, 0.2) is 29.3 Å². The van der Waals surface area contributed by atoms with Crippen LogP contribution in [0.25, 0.3) is 0 Å². The van der Waals surface area contributed by atoms with E-state index in [1.54, 1.807) is 0 Å². The molecule has 2 rings (SSSR count). The predicted octanol–water partition coefficient (Wildman–Crippen LogP) is 4.10. The minimum atomic E-state index is 0. The van der Waals surface area contributed by atoms with Crippen molar-refractivity contribution in [3.63, 3.8) is 0 Å². The maximum Gasteiger partial charge on any atom is 0.191 e. The second-order valence-corrected chi connectivity index (χ2v) is 7.10. The molecule has 1 fully saturated rings. The van der Waals surface area contributed by atoms with E-state index in [2.05, 4.69) is 46.8 Å². The standard InChI is InChI=1S/C21H35N3O2.HI/c1-4-25-12-13-26-16-19-7-5-6-18(14-19)15-23-21(22-3)24-20-10-8-17(2)9-11-20;/h5-7,14,17,20H,4,8-13,15-16H2,1-3H3,(H2,22,23,24);1H. The largest absolute Gasteiger partial charge is 0.379 e. The Morgan fingerprint density at radius 2 is 1.81 bits per heavy atom. The summed E-state index contributed by atoms with van der Waals surface area (Å²) in [6.07, 6.45) is 5.08. The molecule has 0 amide bonds. The number of hydrogen-bond donors (Lipinski definition) is 2. The van der Waals surface area contributed by atoms with Gasteiger partial charge in [-0.15, -0.1) is 24.0 Å². The molecular weight excluding hydrogens is 453 g/mol. The van der Waals surface area contributed by atoms with Crippen molar-refractivity contribution in [2.24, 2.45) is 10.9 Å². The fourth-order valence-corrected chi connectivity index (χ4v) is 3.26. The van der Waals surface area contributed by atoms with Crippen LogP contribution in [0.3, 0.4) is 0 Å². The van der Waals surface area contributed by atoms with Gasteiger partial charge in [-0.2, -0.15) is 0 Å². The Balaban J connectivity index is 0.00000364.